The molecule has 47 heavy (non-hydrogen) atoms. The molecular weight excluding hydrogens is 569 g/mol. The van der Waals surface area contributed by atoms with Crippen LogP contribution in [0.3, 0.4) is 0 Å². The Morgan fingerprint density at radius 1 is 0.660 bits per heavy atom. The maximum Gasteiger partial charge on any atom is 0.0560 e. The molecule has 0 N–H and O–H groups in total. The van der Waals surface area contributed by atoms with E-state index in [0.717, 1.165) is 51.4 Å². The van der Waals surface area contributed by atoms with Crippen molar-refractivity contribution < 1.29 is 0 Å². The molecule has 6 aliphatic carbocycles. The number of benzene rings is 1. The van der Waals surface area contributed by atoms with Gasteiger partial charge in [0.15, 0.2) is 0 Å². The largest absolute Gasteiger partial charge is 0.345 e. The third-order valence-corrected chi connectivity index (χ3v) is 11.6. The Bertz CT molecular complexity index is 2050. The van der Waals surface area contributed by atoms with Crippen molar-refractivity contribution >= 4 is 29.1 Å². The number of hydrogen-bond acceptors (Lipinski definition) is 0. The van der Waals surface area contributed by atoms with Gasteiger partial charge in [-0.3, -0.25) is 0 Å². The third kappa shape index (κ3) is 4.91. The Balaban J connectivity index is 1.05. The van der Waals surface area contributed by atoms with Gasteiger partial charge in [-0.25, -0.2) is 0 Å². The summed E-state index contributed by atoms with van der Waals surface area (Å²) in [5.74, 6) is 0.991. The highest BCUT2D eigenvalue weighted by Gasteiger charge is 2.29. The quantitative estimate of drug-likeness (QED) is 0.271. The van der Waals surface area contributed by atoms with Crippen LogP contribution in [0, 0.1) is 11.8 Å². The number of para-hydroxylation sites is 1. The first-order valence-corrected chi connectivity index (χ1v) is 18.2. The van der Waals surface area contributed by atoms with Crippen LogP contribution in [0.25, 0.3) is 29.1 Å². The zero-order valence-electron chi connectivity index (χ0n) is 28.0. The first-order valence-electron chi connectivity index (χ1n) is 18.2. The van der Waals surface area contributed by atoms with Crippen molar-refractivity contribution in [3.8, 4) is 0 Å². The summed E-state index contributed by atoms with van der Waals surface area (Å²) in [5.41, 5.74) is 16.5. The Morgan fingerprint density at radius 3 is 2.28 bits per heavy atom. The predicted molar refractivity (Wildman–Crippen MR) is 199 cm³/mol. The predicted octanol–water partition coefficient (Wildman–Crippen LogP) is 11.4. The lowest BCUT2D eigenvalue weighted by Gasteiger charge is -2.28. The van der Waals surface area contributed by atoms with Crippen LogP contribution in [0.15, 0.2) is 113 Å². The van der Waals surface area contributed by atoms with Crippen molar-refractivity contribution in [2.45, 2.75) is 83.7 Å². The van der Waals surface area contributed by atoms with E-state index in [9.17, 15) is 0 Å². The van der Waals surface area contributed by atoms with Gasteiger partial charge in [-0.15, -0.1) is 0 Å². The van der Waals surface area contributed by atoms with E-state index >= 15 is 0 Å². The topological polar surface area (TPSA) is 9.86 Å². The minimum absolute atomic E-state index is 0.356. The van der Waals surface area contributed by atoms with Crippen molar-refractivity contribution in [3.63, 3.8) is 0 Å². The Morgan fingerprint density at radius 2 is 1.47 bits per heavy atom. The standard InChI is InChI=1S/C45H46N2/c1-30(2)46-42-17-8-6-15-38(42)40-28-35(23-25-44(40)46)36-24-26-45-41(29-36)39-16-7-9-18-43(39)47(45)37-14-10-13-34(27-37)33-21-19-32(20-22-33)31-11-4-3-5-12-31/h3-7,9-11,13,15-16,18-21,27-31,33,37H,8,12,14,17,22-26H2,1-2H3. The molecule has 2 heterocycles. The lowest BCUT2D eigenvalue weighted by molar-refractivity contribution is 0.547. The average molecular weight is 615 g/mol. The summed E-state index contributed by atoms with van der Waals surface area (Å²) in [6.45, 7) is 4.71. The summed E-state index contributed by atoms with van der Waals surface area (Å²) in [6, 6.07) is 10.0. The van der Waals surface area contributed by atoms with E-state index in [1.54, 1.807) is 22.5 Å². The Hall–Kier alpha value is -4.30. The monoisotopic (exact) mass is 614 g/mol. The van der Waals surface area contributed by atoms with Gasteiger partial charge < -0.3 is 9.13 Å². The molecule has 1 aromatic carbocycles. The number of allylic oxidation sites excluding steroid dienone is 15. The van der Waals surface area contributed by atoms with Crippen LogP contribution in [-0.2, 0) is 19.3 Å². The maximum absolute atomic E-state index is 2.70. The summed E-state index contributed by atoms with van der Waals surface area (Å²) < 4.78 is 5.36. The third-order valence-electron chi connectivity index (χ3n) is 11.6. The van der Waals surface area contributed by atoms with Crippen LogP contribution in [0.2, 0.25) is 0 Å². The molecule has 3 atom stereocenters. The van der Waals surface area contributed by atoms with Crippen molar-refractivity contribution in [2.75, 3.05) is 0 Å². The molecule has 0 saturated heterocycles. The Kier molecular flexibility index (Phi) is 7.22. The zero-order chi connectivity index (χ0) is 31.5. The van der Waals surface area contributed by atoms with Gasteiger partial charge in [-0.1, -0.05) is 91.1 Å². The van der Waals surface area contributed by atoms with E-state index in [-0.39, 0.29) is 0 Å². The van der Waals surface area contributed by atoms with Crippen molar-refractivity contribution in [1.82, 2.24) is 9.13 Å². The van der Waals surface area contributed by atoms with Crippen LogP contribution in [0.1, 0.15) is 98.2 Å². The molecule has 0 bridgehead atoms. The van der Waals surface area contributed by atoms with Gasteiger partial charge in [0.1, 0.15) is 0 Å². The second-order valence-corrected chi connectivity index (χ2v) is 14.6. The van der Waals surface area contributed by atoms with Crippen LogP contribution >= 0.6 is 0 Å². The molecule has 3 aromatic rings. The average Bonchev–Trinajstić information content (AvgIpc) is 3.64. The number of fused-ring (bicyclic) bond motifs is 6. The molecule has 0 saturated carbocycles. The second kappa shape index (κ2) is 11.7. The van der Waals surface area contributed by atoms with Crippen molar-refractivity contribution in [2.24, 2.45) is 11.8 Å². The fourth-order valence-corrected chi connectivity index (χ4v) is 9.38. The normalized spacial score (nSPS) is 24.5. The molecule has 236 valence electrons. The molecule has 3 unspecified atom stereocenters. The highest BCUT2D eigenvalue weighted by molar-refractivity contribution is 5.93. The Labute approximate surface area is 280 Å². The smallest absolute Gasteiger partial charge is 0.0560 e. The summed E-state index contributed by atoms with van der Waals surface area (Å²) in [4.78, 5) is 0. The lowest BCUT2D eigenvalue weighted by Crippen LogP contribution is -2.16. The zero-order valence-corrected chi connectivity index (χ0v) is 28.0. The molecule has 0 aliphatic heterocycles. The van der Waals surface area contributed by atoms with Crippen LogP contribution in [0.5, 0.6) is 0 Å². The van der Waals surface area contributed by atoms with Crippen LogP contribution < -0.4 is 0 Å². The first-order chi connectivity index (χ1) is 23.1. The molecule has 0 amide bonds. The van der Waals surface area contributed by atoms with E-state index in [2.05, 4.69) is 132 Å². The SMILES string of the molecule is CC(C)n1c2c(c3c1CCC(C1=Cc4c(n(C5C=C(C6C=CC(C7C=CC=CC7)=CC6)C=CC5)c5ccccc45)CC1)=C3)C=CCC2. The van der Waals surface area contributed by atoms with Gasteiger partial charge in [-0.05, 0) is 112 Å². The lowest BCUT2D eigenvalue weighted by atomic mass is 9.82. The number of aromatic nitrogens is 2. The fraction of sp³-hybridized carbons (Fsp3) is 0.333. The van der Waals surface area contributed by atoms with E-state index in [4.69, 9.17) is 0 Å². The highest BCUT2D eigenvalue weighted by Crippen LogP contribution is 2.44. The molecule has 0 radical (unpaired) electrons. The van der Waals surface area contributed by atoms with E-state index in [1.165, 1.54) is 50.9 Å². The molecule has 0 fully saturated rings. The summed E-state index contributed by atoms with van der Waals surface area (Å²) in [7, 11) is 0. The minimum atomic E-state index is 0.356. The van der Waals surface area contributed by atoms with Crippen LogP contribution in [0.4, 0.5) is 0 Å². The summed E-state index contributed by atoms with van der Waals surface area (Å²) in [6.07, 6.45) is 43.8. The first kappa shape index (κ1) is 28.9. The van der Waals surface area contributed by atoms with Gasteiger partial charge in [0, 0.05) is 62.6 Å². The fourth-order valence-electron chi connectivity index (χ4n) is 9.38. The molecule has 9 rings (SSSR count). The second-order valence-electron chi connectivity index (χ2n) is 14.6. The van der Waals surface area contributed by atoms with Gasteiger partial charge in [0.2, 0.25) is 0 Å². The van der Waals surface area contributed by atoms with Gasteiger partial charge in [0.25, 0.3) is 0 Å². The van der Waals surface area contributed by atoms with E-state index in [1.807, 2.05) is 0 Å². The van der Waals surface area contributed by atoms with Gasteiger partial charge >= 0.3 is 0 Å². The summed E-state index contributed by atoms with van der Waals surface area (Å²) in [5, 5.41) is 1.41. The van der Waals surface area contributed by atoms with Crippen molar-refractivity contribution in [1.29, 1.82) is 0 Å². The number of rotatable bonds is 5. The van der Waals surface area contributed by atoms with Gasteiger partial charge in [-0.2, -0.15) is 0 Å². The molecule has 2 nitrogen and oxygen atoms in total. The molecular formula is C45H46N2. The molecule has 2 heteroatoms. The van der Waals surface area contributed by atoms with Crippen molar-refractivity contribution in [3.05, 3.63) is 147 Å². The molecule has 0 spiro atoms. The molecule has 2 aromatic heterocycles. The van der Waals surface area contributed by atoms with E-state index in [0.29, 0.717) is 23.9 Å². The minimum Gasteiger partial charge on any atom is -0.345 e. The number of nitrogens with zero attached hydrogens (tertiary/aromatic N) is 2. The number of hydrogen-bond donors (Lipinski definition) is 0. The van der Waals surface area contributed by atoms with Gasteiger partial charge in [0.05, 0.1) is 6.04 Å². The molecule has 6 aliphatic rings. The highest BCUT2D eigenvalue weighted by atomic mass is 15.0. The van der Waals surface area contributed by atoms with Crippen LogP contribution in [-0.4, -0.2) is 9.13 Å². The van der Waals surface area contributed by atoms with E-state index < -0.39 is 0 Å². The maximum atomic E-state index is 2.70. The summed E-state index contributed by atoms with van der Waals surface area (Å²) >= 11 is 0.